The Balaban J connectivity index is 2.01. The van der Waals surface area contributed by atoms with E-state index in [4.69, 9.17) is 4.43 Å². The summed E-state index contributed by atoms with van der Waals surface area (Å²) in [7, 11) is -1.66. The van der Waals surface area contributed by atoms with Crippen LogP contribution < -0.4 is 0 Å². The van der Waals surface area contributed by atoms with Crippen molar-refractivity contribution in [2.75, 3.05) is 6.61 Å². The molecule has 0 heterocycles. The lowest BCUT2D eigenvalue weighted by Crippen LogP contribution is -2.56. The largest absolute Gasteiger partial charge is 0.417 e. The predicted molar refractivity (Wildman–Crippen MR) is 100 cm³/mol. The maximum Gasteiger partial charge on any atom is 0.191 e. The van der Waals surface area contributed by atoms with Gasteiger partial charge in [0.1, 0.15) is 5.78 Å². The maximum absolute atomic E-state index is 12.9. The van der Waals surface area contributed by atoms with Gasteiger partial charge in [0, 0.05) is 22.9 Å². The average molecular weight is 337 g/mol. The molecule has 0 saturated heterocycles. The summed E-state index contributed by atoms with van der Waals surface area (Å²) in [6.07, 6.45) is 8.81. The maximum atomic E-state index is 12.9. The molecule has 2 nitrogen and oxygen atoms in total. The molecule has 0 N–H and O–H groups in total. The summed E-state index contributed by atoms with van der Waals surface area (Å²) in [4.78, 5) is 12.9. The van der Waals surface area contributed by atoms with E-state index in [-0.39, 0.29) is 21.3 Å². The van der Waals surface area contributed by atoms with Gasteiger partial charge in [-0.05, 0) is 50.7 Å². The molecular formula is C20H36O2Si. The molecule has 0 aliphatic heterocycles. The third-order valence-electron chi connectivity index (χ3n) is 7.23. The number of Topliss-reactive ketones (excluding diaryl/α,β-unsaturated/α-hetero) is 1. The molecule has 0 aromatic rings. The third kappa shape index (κ3) is 2.99. The number of carbonyl (C=O) groups excluding carboxylic acids is 1. The van der Waals surface area contributed by atoms with Crippen LogP contribution in [0.3, 0.4) is 0 Å². The van der Waals surface area contributed by atoms with Crippen molar-refractivity contribution in [1.82, 2.24) is 0 Å². The van der Waals surface area contributed by atoms with E-state index >= 15 is 0 Å². The highest BCUT2D eigenvalue weighted by Gasteiger charge is 2.59. The van der Waals surface area contributed by atoms with Gasteiger partial charge in [-0.2, -0.15) is 0 Å². The fourth-order valence-electron chi connectivity index (χ4n) is 4.10. The van der Waals surface area contributed by atoms with E-state index in [0.717, 1.165) is 32.3 Å². The number of fused-ring (bicyclic) bond motifs is 2. The first-order valence-electron chi connectivity index (χ1n) is 9.17. The molecule has 2 atom stereocenters. The van der Waals surface area contributed by atoms with Crippen LogP contribution in [0.25, 0.3) is 0 Å². The van der Waals surface area contributed by atoms with Crippen molar-refractivity contribution in [2.24, 2.45) is 16.2 Å². The summed E-state index contributed by atoms with van der Waals surface area (Å²) in [5, 5.41) is 0.262. The molecule has 0 aromatic carbocycles. The lowest BCUT2D eigenvalue weighted by Gasteiger charge is -2.56. The molecule has 3 aliphatic carbocycles. The van der Waals surface area contributed by atoms with Crippen LogP contribution in [0.2, 0.25) is 18.1 Å². The predicted octanol–water partition coefficient (Wildman–Crippen LogP) is 5.74. The molecule has 23 heavy (non-hydrogen) atoms. The highest BCUT2D eigenvalue weighted by Crippen LogP contribution is 2.61. The number of ketones is 1. The molecule has 3 rings (SSSR count). The summed E-state index contributed by atoms with van der Waals surface area (Å²) in [5.74, 6) is 0.434. The second-order valence-electron chi connectivity index (χ2n) is 10.1. The molecule has 0 aromatic heterocycles. The monoisotopic (exact) mass is 336 g/mol. The topological polar surface area (TPSA) is 26.3 Å². The molecule has 0 amide bonds. The SMILES string of the molecule is CC1(C)C(=O)[C@@]2(C)C=C[C@]1(CCCO[Si](C)(C)C(C)(C)C)CC2. The van der Waals surface area contributed by atoms with Gasteiger partial charge in [-0.1, -0.05) is 46.8 Å². The Hall–Kier alpha value is -0.413. The van der Waals surface area contributed by atoms with E-state index in [1.165, 1.54) is 0 Å². The van der Waals surface area contributed by atoms with E-state index in [9.17, 15) is 4.79 Å². The van der Waals surface area contributed by atoms with Crippen molar-refractivity contribution in [3.63, 3.8) is 0 Å². The second-order valence-corrected chi connectivity index (χ2v) is 14.9. The van der Waals surface area contributed by atoms with Crippen molar-refractivity contribution in [2.45, 2.75) is 85.4 Å². The lowest BCUT2D eigenvalue weighted by molar-refractivity contribution is -0.149. The van der Waals surface area contributed by atoms with Crippen molar-refractivity contribution >= 4 is 14.1 Å². The van der Waals surface area contributed by atoms with Crippen LogP contribution in [0.5, 0.6) is 0 Å². The summed E-state index contributed by atoms with van der Waals surface area (Å²) in [6.45, 7) is 18.7. The Morgan fingerprint density at radius 2 is 1.74 bits per heavy atom. The van der Waals surface area contributed by atoms with Gasteiger partial charge >= 0.3 is 0 Å². The minimum Gasteiger partial charge on any atom is -0.417 e. The van der Waals surface area contributed by atoms with E-state index < -0.39 is 8.32 Å². The Kier molecular flexibility index (Phi) is 4.57. The molecule has 0 radical (unpaired) electrons. The van der Waals surface area contributed by atoms with Crippen LogP contribution in [0.1, 0.15) is 67.2 Å². The quantitative estimate of drug-likeness (QED) is 0.363. The minimum atomic E-state index is -1.66. The van der Waals surface area contributed by atoms with Crippen LogP contribution >= 0.6 is 0 Å². The normalized spacial score (nSPS) is 33.3. The van der Waals surface area contributed by atoms with E-state index in [2.05, 4.69) is 66.8 Å². The van der Waals surface area contributed by atoms with Crippen molar-refractivity contribution < 1.29 is 9.22 Å². The summed E-state index contributed by atoms with van der Waals surface area (Å²) < 4.78 is 6.33. The zero-order chi connectivity index (χ0) is 17.7. The van der Waals surface area contributed by atoms with Gasteiger partial charge in [-0.25, -0.2) is 0 Å². The van der Waals surface area contributed by atoms with E-state index in [0.29, 0.717) is 5.78 Å². The van der Waals surface area contributed by atoms with Crippen LogP contribution in [0.15, 0.2) is 12.2 Å². The van der Waals surface area contributed by atoms with Crippen LogP contribution in [0.4, 0.5) is 0 Å². The van der Waals surface area contributed by atoms with E-state index in [1.54, 1.807) is 0 Å². The van der Waals surface area contributed by atoms with Gasteiger partial charge in [0.2, 0.25) is 0 Å². The lowest BCUT2D eigenvalue weighted by atomic mass is 9.46. The van der Waals surface area contributed by atoms with E-state index in [1.807, 2.05) is 0 Å². The van der Waals surface area contributed by atoms with Crippen molar-refractivity contribution in [1.29, 1.82) is 0 Å². The average Bonchev–Trinajstić information content (AvgIpc) is 2.42. The number of hydrogen-bond donors (Lipinski definition) is 0. The number of hydrogen-bond acceptors (Lipinski definition) is 2. The Morgan fingerprint density at radius 1 is 1.13 bits per heavy atom. The molecule has 1 saturated carbocycles. The molecular weight excluding hydrogens is 300 g/mol. The molecule has 132 valence electrons. The summed E-state index contributed by atoms with van der Waals surface area (Å²) in [5.41, 5.74) is -0.423. The molecule has 3 aliphatic rings. The fraction of sp³-hybridized carbons (Fsp3) is 0.850. The standard InChI is InChI=1S/C20H36O2Si/c1-17(2,3)23(7,8)22-15-9-10-20-13-11-19(6,12-14-20)16(21)18(20,4)5/h11,13H,9-10,12,14-15H2,1-8H3/t19-,20+/m0/s1. The number of allylic oxidation sites excluding steroid dienone is 2. The third-order valence-corrected chi connectivity index (χ3v) is 11.8. The van der Waals surface area contributed by atoms with Gasteiger partial charge in [-0.15, -0.1) is 0 Å². The molecule has 0 unspecified atom stereocenters. The van der Waals surface area contributed by atoms with Gasteiger partial charge in [0.25, 0.3) is 0 Å². The fourth-order valence-corrected chi connectivity index (χ4v) is 5.18. The first kappa shape index (κ1) is 18.9. The minimum absolute atomic E-state index is 0.0403. The van der Waals surface area contributed by atoms with Crippen LogP contribution in [-0.4, -0.2) is 20.7 Å². The Bertz CT molecular complexity index is 512. The molecule has 0 spiro atoms. The zero-order valence-electron chi connectivity index (χ0n) is 16.5. The van der Waals surface area contributed by atoms with Crippen molar-refractivity contribution in [3.8, 4) is 0 Å². The van der Waals surface area contributed by atoms with Crippen LogP contribution in [0, 0.1) is 16.2 Å². The molecule has 1 fully saturated rings. The first-order chi connectivity index (χ1) is 10.3. The van der Waals surface area contributed by atoms with Gasteiger partial charge in [-0.3, -0.25) is 4.79 Å². The van der Waals surface area contributed by atoms with Crippen LogP contribution in [-0.2, 0) is 9.22 Å². The highest BCUT2D eigenvalue weighted by atomic mass is 28.4. The highest BCUT2D eigenvalue weighted by molar-refractivity contribution is 6.74. The van der Waals surface area contributed by atoms with Gasteiger partial charge < -0.3 is 4.43 Å². The first-order valence-corrected chi connectivity index (χ1v) is 12.1. The molecule has 2 bridgehead atoms. The zero-order valence-corrected chi connectivity index (χ0v) is 17.5. The number of rotatable bonds is 5. The molecule has 3 heteroatoms. The Morgan fingerprint density at radius 3 is 2.22 bits per heavy atom. The van der Waals surface area contributed by atoms with Crippen molar-refractivity contribution in [3.05, 3.63) is 12.2 Å². The number of carbonyl (C=O) groups is 1. The smallest absolute Gasteiger partial charge is 0.191 e. The summed E-state index contributed by atoms with van der Waals surface area (Å²) >= 11 is 0. The second kappa shape index (κ2) is 5.55. The van der Waals surface area contributed by atoms with Gasteiger partial charge in [0.05, 0.1) is 0 Å². The Labute approximate surface area is 144 Å². The summed E-state index contributed by atoms with van der Waals surface area (Å²) in [6, 6.07) is 0. The van der Waals surface area contributed by atoms with Gasteiger partial charge in [0.15, 0.2) is 8.32 Å².